The van der Waals surface area contributed by atoms with Crippen molar-refractivity contribution in [2.24, 2.45) is 0 Å². The number of nitrogens with zero attached hydrogens (tertiary/aromatic N) is 5. The Morgan fingerprint density at radius 2 is 1.71 bits per heavy atom. The Hall–Kier alpha value is -2.24. The first-order valence-corrected chi connectivity index (χ1v) is 10.5. The fourth-order valence-electron chi connectivity index (χ4n) is 4.23. The van der Waals surface area contributed by atoms with Crippen molar-refractivity contribution in [3.05, 3.63) is 59.9 Å². The molecule has 2 fully saturated rings. The van der Waals surface area contributed by atoms with Crippen LogP contribution in [0.1, 0.15) is 24.1 Å². The van der Waals surface area contributed by atoms with E-state index in [1.807, 2.05) is 19.2 Å². The molecule has 0 radical (unpaired) electrons. The molecule has 0 amide bonds. The van der Waals surface area contributed by atoms with E-state index in [0.29, 0.717) is 6.04 Å². The summed E-state index contributed by atoms with van der Waals surface area (Å²) in [5.41, 5.74) is 2.33. The molecule has 5 nitrogen and oxygen atoms in total. The lowest BCUT2D eigenvalue weighted by Gasteiger charge is -2.42. The van der Waals surface area contributed by atoms with Crippen LogP contribution < -0.4 is 4.90 Å². The van der Waals surface area contributed by atoms with Gasteiger partial charge >= 0.3 is 0 Å². The maximum absolute atomic E-state index is 4.58. The van der Waals surface area contributed by atoms with Crippen LogP contribution in [0.25, 0.3) is 6.08 Å². The molecular weight excluding hydrogens is 346 g/mol. The van der Waals surface area contributed by atoms with Crippen LogP contribution in [-0.2, 0) is 0 Å². The number of piperidine rings is 1. The summed E-state index contributed by atoms with van der Waals surface area (Å²) in [5.74, 6) is 0.897. The molecule has 1 aromatic carbocycles. The number of hydrogen-bond acceptors (Lipinski definition) is 5. The minimum Gasteiger partial charge on any atom is -0.341 e. The number of anilines is 1. The molecule has 0 saturated carbocycles. The zero-order valence-electron chi connectivity index (χ0n) is 16.9. The minimum atomic E-state index is 0.711. The molecule has 0 unspecified atom stereocenters. The van der Waals surface area contributed by atoms with E-state index >= 15 is 0 Å². The Morgan fingerprint density at radius 1 is 0.964 bits per heavy atom. The molecule has 2 aliphatic rings. The highest BCUT2D eigenvalue weighted by atomic mass is 15.3. The van der Waals surface area contributed by atoms with Gasteiger partial charge in [-0.15, -0.1) is 0 Å². The molecule has 5 heteroatoms. The van der Waals surface area contributed by atoms with Crippen LogP contribution >= 0.6 is 0 Å². The lowest BCUT2D eigenvalue weighted by atomic mass is 10.0. The Labute approximate surface area is 168 Å². The summed E-state index contributed by atoms with van der Waals surface area (Å²) >= 11 is 0. The maximum atomic E-state index is 4.58. The first-order valence-electron chi connectivity index (χ1n) is 10.5. The number of aromatic nitrogens is 2. The molecule has 1 aromatic heterocycles. The Kier molecular flexibility index (Phi) is 6.34. The van der Waals surface area contributed by atoms with Crippen molar-refractivity contribution in [1.29, 1.82) is 0 Å². The molecule has 28 heavy (non-hydrogen) atoms. The smallest absolute Gasteiger partial charge is 0.225 e. The molecule has 0 bridgehead atoms. The van der Waals surface area contributed by atoms with Crippen molar-refractivity contribution < 1.29 is 0 Å². The third-order valence-electron chi connectivity index (χ3n) is 5.93. The minimum absolute atomic E-state index is 0.711. The highest BCUT2D eigenvalue weighted by Crippen LogP contribution is 2.21. The van der Waals surface area contributed by atoms with Crippen molar-refractivity contribution >= 4 is 12.0 Å². The zero-order valence-corrected chi connectivity index (χ0v) is 16.9. The molecule has 3 heterocycles. The third-order valence-corrected chi connectivity index (χ3v) is 5.93. The van der Waals surface area contributed by atoms with Crippen LogP contribution in [-0.4, -0.2) is 71.6 Å². The zero-order chi connectivity index (χ0) is 19.2. The van der Waals surface area contributed by atoms with Gasteiger partial charge in [-0.05, 0) is 31.4 Å². The number of piperazine rings is 1. The number of aryl methyl sites for hydroxylation is 1. The van der Waals surface area contributed by atoms with Gasteiger partial charge in [0.2, 0.25) is 5.95 Å². The number of hydrogen-bond donors (Lipinski definition) is 0. The average molecular weight is 378 g/mol. The second-order valence-electron chi connectivity index (χ2n) is 7.87. The monoisotopic (exact) mass is 377 g/mol. The molecule has 0 spiro atoms. The summed E-state index contributed by atoms with van der Waals surface area (Å²) in [6.07, 6.45) is 8.83. The van der Waals surface area contributed by atoms with E-state index < -0.39 is 0 Å². The van der Waals surface area contributed by atoms with Gasteiger partial charge in [-0.2, -0.15) is 0 Å². The second-order valence-corrected chi connectivity index (χ2v) is 7.87. The third kappa shape index (κ3) is 4.97. The molecule has 0 aliphatic carbocycles. The highest BCUT2D eigenvalue weighted by molar-refractivity contribution is 5.48. The Bertz CT molecular complexity index is 760. The standard InChI is InChI=1S/C23H31N5/c1-20-9-12-24-23(25-20)28-14-10-22(11-15-28)27-18-16-26(17-19-27)13-5-8-21-6-3-2-4-7-21/h2-9,12,22H,10-11,13-19H2,1H3/b8-5+. The topological polar surface area (TPSA) is 35.5 Å². The predicted molar refractivity (Wildman–Crippen MR) is 115 cm³/mol. The summed E-state index contributed by atoms with van der Waals surface area (Å²) in [7, 11) is 0. The van der Waals surface area contributed by atoms with Gasteiger partial charge in [0.15, 0.2) is 0 Å². The van der Waals surface area contributed by atoms with Gasteiger partial charge in [-0.1, -0.05) is 42.5 Å². The van der Waals surface area contributed by atoms with Gasteiger partial charge in [0.1, 0.15) is 0 Å². The fourth-order valence-corrected chi connectivity index (χ4v) is 4.23. The highest BCUT2D eigenvalue weighted by Gasteiger charge is 2.27. The average Bonchev–Trinajstić information content (AvgIpc) is 2.75. The van der Waals surface area contributed by atoms with Crippen LogP contribution in [0, 0.1) is 6.92 Å². The van der Waals surface area contributed by atoms with Crippen LogP contribution in [0.2, 0.25) is 0 Å². The summed E-state index contributed by atoms with van der Waals surface area (Å²) < 4.78 is 0. The lowest BCUT2D eigenvalue weighted by Crippen LogP contribution is -2.53. The van der Waals surface area contributed by atoms with Crippen molar-refractivity contribution in [2.45, 2.75) is 25.8 Å². The Balaban J connectivity index is 1.20. The van der Waals surface area contributed by atoms with E-state index in [1.54, 1.807) is 0 Å². The van der Waals surface area contributed by atoms with E-state index in [-0.39, 0.29) is 0 Å². The Morgan fingerprint density at radius 3 is 2.43 bits per heavy atom. The summed E-state index contributed by atoms with van der Waals surface area (Å²) in [5, 5.41) is 0. The molecule has 4 rings (SSSR count). The largest absolute Gasteiger partial charge is 0.341 e. The van der Waals surface area contributed by atoms with E-state index in [2.05, 4.69) is 67.2 Å². The molecule has 0 atom stereocenters. The fraction of sp³-hybridized carbons (Fsp3) is 0.478. The van der Waals surface area contributed by atoms with E-state index in [1.165, 1.54) is 44.6 Å². The van der Waals surface area contributed by atoms with Crippen LogP contribution in [0.5, 0.6) is 0 Å². The lowest BCUT2D eigenvalue weighted by molar-refractivity contribution is 0.0909. The molecule has 148 valence electrons. The first kappa shape index (κ1) is 19.1. The molecule has 2 saturated heterocycles. The summed E-state index contributed by atoms with van der Waals surface area (Å²) in [6, 6.07) is 13.2. The van der Waals surface area contributed by atoms with Gasteiger partial charge in [0.25, 0.3) is 0 Å². The van der Waals surface area contributed by atoms with E-state index in [0.717, 1.165) is 31.3 Å². The normalized spacial score (nSPS) is 20.1. The molecule has 2 aromatic rings. The van der Waals surface area contributed by atoms with E-state index in [9.17, 15) is 0 Å². The van der Waals surface area contributed by atoms with Crippen molar-refractivity contribution in [1.82, 2.24) is 19.8 Å². The van der Waals surface area contributed by atoms with Crippen LogP contribution in [0.15, 0.2) is 48.7 Å². The molecule has 0 N–H and O–H groups in total. The number of benzene rings is 1. The predicted octanol–water partition coefficient (Wildman–Crippen LogP) is 3.08. The van der Waals surface area contributed by atoms with Crippen LogP contribution in [0.4, 0.5) is 5.95 Å². The van der Waals surface area contributed by atoms with Gasteiger partial charge in [-0.25, -0.2) is 9.97 Å². The van der Waals surface area contributed by atoms with Gasteiger partial charge in [0.05, 0.1) is 0 Å². The van der Waals surface area contributed by atoms with Gasteiger partial charge < -0.3 is 4.90 Å². The molecular formula is C23H31N5. The van der Waals surface area contributed by atoms with Crippen molar-refractivity contribution in [3.8, 4) is 0 Å². The summed E-state index contributed by atoms with van der Waals surface area (Å²) in [6.45, 7) is 9.91. The van der Waals surface area contributed by atoms with Gasteiger partial charge in [0, 0.05) is 63.7 Å². The van der Waals surface area contributed by atoms with Crippen molar-refractivity contribution in [2.75, 3.05) is 50.7 Å². The summed E-state index contributed by atoms with van der Waals surface area (Å²) in [4.78, 5) is 16.6. The van der Waals surface area contributed by atoms with Crippen molar-refractivity contribution in [3.63, 3.8) is 0 Å². The van der Waals surface area contributed by atoms with Crippen LogP contribution in [0.3, 0.4) is 0 Å². The van der Waals surface area contributed by atoms with E-state index in [4.69, 9.17) is 0 Å². The maximum Gasteiger partial charge on any atom is 0.225 e. The quantitative estimate of drug-likeness (QED) is 0.800. The first-order chi connectivity index (χ1) is 13.8. The second kappa shape index (κ2) is 9.30. The SMILES string of the molecule is Cc1ccnc(N2CCC(N3CCN(C/C=C/c4ccccc4)CC3)CC2)n1. The molecule has 2 aliphatic heterocycles. The van der Waals surface area contributed by atoms with Gasteiger partial charge in [-0.3, -0.25) is 9.80 Å². The number of rotatable bonds is 5.